The maximum Gasteiger partial charge on any atom is 0.530 e. The molecule has 1 aliphatic heterocycles. The topological polar surface area (TPSA) is 164 Å². The van der Waals surface area contributed by atoms with Crippen LogP contribution in [0.4, 0.5) is 5.82 Å². The fraction of sp³-hybridized carbons (Fsp3) is 0.619. The smallest absolute Gasteiger partial charge is 0.465 e. The van der Waals surface area contributed by atoms with Gasteiger partial charge in [0.15, 0.2) is 17.1 Å². The summed E-state index contributed by atoms with van der Waals surface area (Å²) in [5, 5.41) is 12.6. The zero-order valence-corrected chi connectivity index (χ0v) is 21.8. The molecule has 3 rings (SSSR count). The van der Waals surface area contributed by atoms with Crippen molar-refractivity contribution in [2.75, 3.05) is 18.9 Å². The van der Waals surface area contributed by atoms with Crippen LogP contribution in [0.3, 0.4) is 0 Å². The summed E-state index contributed by atoms with van der Waals surface area (Å²) in [6, 6.07) is 0. The van der Waals surface area contributed by atoms with Crippen molar-refractivity contribution in [2.45, 2.75) is 69.8 Å². The number of nitrogens with one attached hydrogen (secondary N) is 1. The number of imidazole rings is 1. The first-order chi connectivity index (χ1) is 16.3. The predicted octanol–water partition coefficient (Wildman–Crippen LogP) is 2.14. The number of terminal acetylenes is 1. The molecule has 4 N–H and O–H groups in total. The van der Waals surface area contributed by atoms with Crippen LogP contribution in [0.15, 0.2) is 6.33 Å². The number of fused-ring (bicyclic) bond motifs is 1. The van der Waals surface area contributed by atoms with E-state index in [9.17, 15) is 14.5 Å². The normalized spacial score (nSPS) is 23.3. The molecule has 2 aromatic heterocycles. The van der Waals surface area contributed by atoms with E-state index in [0.29, 0.717) is 11.2 Å². The third-order valence-corrected chi connectivity index (χ3v) is 7.10. The van der Waals surface area contributed by atoms with Gasteiger partial charge < -0.3 is 20.3 Å². The third-order valence-electron chi connectivity index (χ3n) is 5.54. The number of ether oxygens (including phenoxy) is 2. The van der Waals surface area contributed by atoms with Crippen molar-refractivity contribution in [3.05, 3.63) is 11.6 Å². The number of aliphatic hydroxyl groups excluding tert-OH is 1. The number of aromatic nitrogens is 4. The molecule has 0 aliphatic carbocycles. The quantitative estimate of drug-likeness (QED) is 0.189. The Balaban J connectivity index is 1.75. The van der Waals surface area contributed by atoms with Crippen LogP contribution in [0.5, 0.6) is 0 Å². The summed E-state index contributed by atoms with van der Waals surface area (Å²) in [5.41, 5.74) is 3.77. The van der Waals surface area contributed by atoms with Crippen LogP contribution in [-0.2, 0) is 23.4 Å². The number of aliphatic hydroxyl groups is 1. The standard InChI is InChI=1S/C21H29ClN6O6P/c1-7-21(10-33-35(31)20(5,6)27-19(3,4)17(30)32-8-2)12(29)9-13(34-21)28-11-24-14-15(23)25-18(22)26-16(14)28/h1,11-13,27,29H,8-10H2,2-6H3,(H2,23,25,26)/q+1/t12-,13+,21+/m0/s1. The second kappa shape index (κ2) is 9.93. The summed E-state index contributed by atoms with van der Waals surface area (Å²) >= 11 is 5.93. The van der Waals surface area contributed by atoms with Gasteiger partial charge >= 0.3 is 14.0 Å². The van der Waals surface area contributed by atoms with E-state index >= 15 is 0 Å². The maximum absolute atomic E-state index is 13.0. The van der Waals surface area contributed by atoms with Crippen molar-refractivity contribution in [2.24, 2.45) is 0 Å². The lowest BCUT2D eigenvalue weighted by Crippen LogP contribution is -2.55. The number of carbonyl (C=O) groups excluding carboxylic acids is 1. The molecule has 0 bridgehead atoms. The SMILES string of the molecule is C#C[C@]1(CO[P+](=O)C(C)(C)NC(C)(C)C(=O)OCC)O[C@@H](n2cnc3c(N)nc(Cl)nc32)C[C@@H]1O. The van der Waals surface area contributed by atoms with Gasteiger partial charge in [0.1, 0.15) is 30.0 Å². The zero-order valence-electron chi connectivity index (χ0n) is 20.1. The molecule has 1 aliphatic rings. The van der Waals surface area contributed by atoms with Crippen LogP contribution in [-0.4, -0.2) is 66.3 Å². The lowest BCUT2D eigenvalue weighted by Gasteiger charge is -2.29. The van der Waals surface area contributed by atoms with E-state index in [-0.39, 0.29) is 30.7 Å². The highest BCUT2D eigenvalue weighted by atomic mass is 35.5. The number of anilines is 1. The van der Waals surface area contributed by atoms with Gasteiger partial charge in [0, 0.05) is 20.3 Å². The van der Waals surface area contributed by atoms with Gasteiger partial charge in [-0.3, -0.25) is 14.7 Å². The van der Waals surface area contributed by atoms with E-state index < -0.39 is 42.7 Å². The third kappa shape index (κ3) is 5.40. The number of esters is 1. The molecule has 1 saturated heterocycles. The molecule has 1 fully saturated rings. The van der Waals surface area contributed by atoms with Crippen LogP contribution >= 0.6 is 19.6 Å². The lowest BCUT2D eigenvalue weighted by molar-refractivity contribution is -0.150. The zero-order chi connectivity index (χ0) is 26.2. The highest BCUT2D eigenvalue weighted by Gasteiger charge is 2.53. The first-order valence-corrected chi connectivity index (χ1v) is 12.4. The Morgan fingerprint density at radius 3 is 2.80 bits per heavy atom. The van der Waals surface area contributed by atoms with E-state index in [0.717, 1.165) is 0 Å². The van der Waals surface area contributed by atoms with Crippen molar-refractivity contribution >= 4 is 42.6 Å². The average molecular weight is 528 g/mol. The Bertz CT molecular complexity index is 1180. The van der Waals surface area contributed by atoms with Crippen molar-refractivity contribution in [3.8, 4) is 12.3 Å². The Morgan fingerprint density at radius 1 is 1.49 bits per heavy atom. The molecule has 0 amide bonds. The first kappa shape index (κ1) is 27.2. The summed E-state index contributed by atoms with van der Waals surface area (Å²) in [6.45, 7) is 8.02. The summed E-state index contributed by atoms with van der Waals surface area (Å²) < 4.78 is 31.3. The Kier molecular flexibility index (Phi) is 7.72. The number of hydrogen-bond donors (Lipinski definition) is 3. The Hall–Kier alpha value is -2.39. The lowest BCUT2D eigenvalue weighted by atomic mass is 9.99. The van der Waals surface area contributed by atoms with E-state index in [2.05, 4.69) is 26.2 Å². The fourth-order valence-electron chi connectivity index (χ4n) is 3.83. The summed E-state index contributed by atoms with van der Waals surface area (Å²) in [7, 11) is -2.42. The number of hydrogen-bond acceptors (Lipinski definition) is 11. The summed E-state index contributed by atoms with van der Waals surface area (Å²) in [6.07, 6.45) is 5.31. The number of carbonyl (C=O) groups is 1. The van der Waals surface area contributed by atoms with Crippen molar-refractivity contribution in [3.63, 3.8) is 0 Å². The van der Waals surface area contributed by atoms with Crippen molar-refractivity contribution < 1.29 is 28.5 Å². The number of halogens is 1. The molecule has 35 heavy (non-hydrogen) atoms. The molecule has 0 saturated carbocycles. The van der Waals surface area contributed by atoms with E-state index in [1.807, 2.05) is 0 Å². The van der Waals surface area contributed by atoms with Gasteiger partial charge in [-0.2, -0.15) is 9.97 Å². The number of nitrogen functional groups attached to an aromatic ring is 1. The van der Waals surface area contributed by atoms with Crippen LogP contribution in [0.1, 0.15) is 47.3 Å². The van der Waals surface area contributed by atoms with E-state index in [4.69, 9.17) is 37.8 Å². The molecule has 3 heterocycles. The average Bonchev–Trinajstić information content (AvgIpc) is 3.32. The van der Waals surface area contributed by atoms with E-state index in [1.165, 1.54) is 10.9 Å². The van der Waals surface area contributed by atoms with Gasteiger partial charge in [-0.15, -0.1) is 10.9 Å². The highest BCUT2D eigenvalue weighted by molar-refractivity contribution is 7.41. The van der Waals surface area contributed by atoms with Gasteiger partial charge in [-0.1, -0.05) is 5.92 Å². The van der Waals surface area contributed by atoms with Gasteiger partial charge in [0.25, 0.3) is 0 Å². The molecule has 0 radical (unpaired) electrons. The fourth-order valence-corrected chi connectivity index (χ4v) is 5.01. The van der Waals surface area contributed by atoms with Gasteiger partial charge in [-0.05, 0) is 36.9 Å². The predicted molar refractivity (Wildman–Crippen MR) is 129 cm³/mol. The molecule has 0 aromatic carbocycles. The van der Waals surface area contributed by atoms with Crippen molar-refractivity contribution in [1.29, 1.82) is 0 Å². The molecule has 4 atom stereocenters. The van der Waals surface area contributed by atoms with Gasteiger partial charge in [0.2, 0.25) is 10.6 Å². The van der Waals surface area contributed by atoms with Crippen LogP contribution in [0, 0.1) is 12.3 Å². The molecular weight excluding hydrogens is 499 g/mol. The molecule has 12 nitrogen and oxygen atoms in total. The van der Waals surface area contributed by atoms with Crippen molar-refractivity contribution in [1.82, 2.24) is 24.8 Å². The van der Waals surface area contributed by atoms with Crippen LogP contribution < -0.4 is 11.1 Å². The number of rotatable bonds is 9. The molecular formula is C21H29ClN6O6P+. The molecule has 0 spiro atoms. The highest BCUT2D eigenvalue weighted by Crippen LogP contribution is 2.44. The summed E-state index contributed by atoms with van der Waals surface area (Å²) in [4.78, 5) is 24.4. The molecule has 2 aromatic rings. The van der Waals surface area contributed by atoms with Gasteiger partial charge in [-0.25, -0.2) is 4.98 Å². The van der Waals surface area contributed by atoms with Crippen LogP contribution in [0.25, 0.3) is 11.2 Å². The monoisotopic (exact) mass is 527 g/mol. The van der Waals surface area contributed by atoms with Gasteiger partial charge in [0.05, 0.1) is 12.9 Å². The number of nitrogens with zero attached hydrogens (tertiary/aromatic N) is 4. The number of nitrogens with two attached hydrogens (primary N) is 1. The molecule has 14 heteroatoms. The minimum Gasteiger partial charge on any atom is -0.465 e. The maximum atomic E-state index is 13.0. The van der Waals surface area contributed by atoms with Crippen LogP contribution in [0.2, 0.25) is 5.28 Å². The Labute approximate surface area is 208 Å². The first-order valence-electron chi connectivity index (χ1n) is 10.8. The second-order valence-corrected chi connectivity index (χ2v) is 11.3. The van der Waals surface area contributed by atoms with E-state index in [1.54, 1.807) is 34.6 Å². The Morgan fingerprint density at radius 2 is 2.17 bits per heavy atom. The summed E-state index contributed by atoms with van der Waals surface area (Å²) in [5.74, 6) is 2.05. The minimum atomic E-state index is -2.42. The molecule has 1 unspecified atom stereocenters. The molecule has 190 valence electrons. The largest absolute Gasteiger partial charge is 0.530 e. The minimum absolute atomic E-state index is 0.0701. The second-order valence-electron chi connectivity index (χ2n) is 9.12.